The van der Waals surface area contributed by atoms with Gasteiger partial charge in [0.1, 0.15) is 6.04 Å². The summed E-state index contributed by atoms with van der Waals surface area (Å²) < 4.78 is 4.78. The van der Waals surface area contributed by atoms with Crippen LogP contribution in [-0.2, 0) is 14.3 Å². The van der Waals surface area contributed by atoms with Crippen molar-refractivity contribution in [3.63, 3.8) is 0 Å². The zero-order valence-corrected chi connectivity index (χ0v) is 8.50. The van der Waals surface area contributed by atoms with Crippen LogP contribution in [0.15, 0.2) is 0 Å². The number of hydrogen-bond acceptors (Lipinski definition) is 3. The molecule has 4 nitrogen and oxygen atoms in total. The van der Waals surface area contributed by atoms with Crippen LogP contribution >= 0.6 is 0 Å². The third kappa shape index (κ3) is 5.20. The highest BCUT2D eigenvalue weighted by Crippen LogP contribution is 1.99. The van der Waals surface area contributed by atoms with Crippen molar-refractivity contribution in [2.75, 3.05) is 6.61 Å². The van der Waals surface area contributed by atoms with Crippen molar-refractivity contribution in [1.29, 1.82) is 0 Å². The molecule has 78 valence electrons. The molecule has 0 radical (unpaired) electrons. The third-order valence-electron chi connectivity index (χ3n) is 1.53. The number of nitrogens with one attached hydrogen (secondary N) is 1. The molecular weight excluding hydrogens is 182 g/mol. The van der Waals surface area contributed by atoms with Gasteiger partial charge in [0, 0.05) is 13.3 Å². The predicted molar refractivity (Wildman–Crippen MR) is 52.3 cm³/mol. The van der Waals surface area contributed by atoms with Gasteiger partial charge in [-0.1, -0.05) is 0 Å². The number of hydrogen-bond donors (Lipinski definition) is 1. The third-order valence-corrected chi connectivity index (χ3v) is 1.53. The van der Waals surface area contributed by atoms with Gasteiger partial charge in [0.2, 0.25) is 5.91 Å². The fourth-order valence-electron chi connectivity index (χ4n) is 0.965. The Morgan fingerprint density at radius 3 is 2.64 bits per heavy atom. The Morgan fingerprint density at radius 1 is 1.57 bits per heavy atom. The van der Waals surface area contributed by atoms with E-state index in [0.29, 0.717) is 19.4 Å². The zero-order chi connectivity index (χ0) is 11.0. The van der Waals surface area contributed by atoms with Crippen molar-refractivity contribution in [2.24, 2.45) is 0 Å². The summed E-state index contributed by atoms with van der Waals surface area (Å²) in [6, 6.07) is -0.622. The molecule has 0 fully saturated rings. The molecule has 0 spiro atoms. The minimum absolute atomic E-state index is 0.264. The molecule has 0 aliphatic heterocycles. The number of carbonyl (C=O) groups is 2. The molecule has 0 aliphatic rings. The molecule has 0 rings (SSSR count). The van der Waals surface area contributed by atoms with E-state index in [-0.39, 0.29) is 5.91 Å². The highest BCUT2D eigenvalue weighted by molar-refractivity contribution is 5.83. The summed E-state index contributed by atoms with van der Waals surface area (Å²) >= 11 is 0. The van der Waals surface area contributed by atoms with Gasteiger partial charge in [-0.25, -0.2) is 4.79 Å². The van der Waals surface area contributed by atoms with E-state index < -0.39 is 12.0 Å². The molecule has 1 amide bonds. The van der Waals surface area contributed by atoms with E-state index >= 15 is 0 Å². The normalized spacial score (nSPS) is 11.2. The van der Waals surface area contributed by atoms with Gasteiger partial charge in [0.15, 0.2) is 0 Å². The number of amides is 1. The highest BCUT2D eigenvalue weighted by atomic mass is 16.5. The maximum atomic E-state index is 11.3. The van der Waals surface area contributed by atoms with Crippen molar-refractivity contribution < 1.29 is 14.3 Å². The second kappa shape index (κ2) is 6.96. The van der Waals surface area contributed by atoms with Crippen LogP contribution in [0.1, 0.15) is 26.7 Å². The van der Waals surface area contributed by atoms with Crippen molar-refractivity contribution in [3.8, 4) is 12.3 Å². The monoisotopic (exact) mass is 197 g/mol. The molecule has 0 aliphatic carbocycles. The van der Waals surface area contributed by atoms with Gasteiger partial charge in [0.05, 0.1) is 6.61 Å². The molecule has 0 bridgehead atoms. The van der Waals surface area contributed by atoms with Crippen molar-refractivity contribution in [2.45, 2.75) is 32.7 Å². The average molecular weight is 197 g/mol. The molecule has 0 aromatic carbocycles. The summed E-state index contributed by atoms with van der Waals surface area (Å²) in [4.78, 5) is 22.0. The fourth-order valence-corrected chi connectivity index (χ4v) is 0.965. The first-order valence-electron chi connectivity index (χ1n) is 4.49. The van der Waals surface area contributed by atoms with E-state index in [1.54, 1.807) is 6.92 Å². The summed E-state index contributed by atoms with van der Waals surface area (Å²) in [6.45, 7) is 3.36. The van der Waals surface area contributed by atoms with Crippen LogP contribution in [0.4, 0.5) is 0 Å². The smallest absolute Gasteiger partial charge is 0.328 e. The van der Waals surface area contributed by atoms with Gasteiger partial charge in [-0.15, -0.1) is 12.3 Å². The maximum Gasteiger partial charge on any atom is 0.328 e. The van der Waals surface area contributed by atoms with Crippen LogP contribution < -0.4 is 5.32 Å². The lowest BCUT2D eigenvalue weighted by Crippen LogP contribution is -2.40. The SMILES string of the molecule is C#CCC[C@@H](NC(C)=O)C(=O)OCC. The van der Waals surface area contributed by atoms with Crippen LogP contribution in [0.2, 0.25) is 0 Å². The van der Waals surface area contributed by atoms with Crippen LogP contribution in [-0.4, -0.2) is 24.5 Å². The van der Waals surface area contributed by atoms with Crippen LogP contribution in [0.3, 0.4) is 0 Å². The molecule has 1 atom stereocenters. The molecule has 0 saturated carbocycles. The van der Waals surface area contributed by atoms with E-state index in [1.165, 1.54) is 6.92 Å². The van der Waals surface area contributed by atoms with Gasteiger partial charge < -0.3 is 10.1 Å². The number of esters is 1. The molecule has 1 N–H and O–H groups in total. The second-order valence-electron chi connectivity index (χ2n) is 2.75. The van der Waals surface area contributed by atoms with Gasteiger partial charge >= 0.3 is 5.97 Å². The quantitative estimate of drug-likeness (QED) is 0.515. The number of ether oxygens (including phenoxy) is 1. The molecule has 0 aromatic rings. The number of carbonyl (C=O) groups excluding carboxylic acids is 2. The van der Waals surface area contributed by atoms with Crippen molar-refractivity contribution in [3.05, 3.63) is 0 Å². The minimum Gasteiger partial charge on any atom is -0.464 e. The van der Waals surface area contributed by atoms with E-state index in [1.807, 2.05) is 0 Å². The lowest BCUT2D eigenvalue weighted by Gasteiger charge is -2.14. The van der Waals surface area contributed by atoms with Crippen LogP contribution in [0.5, 0.6) is 0 Å². The maximum absolute atomic E-state index is 11.3. The largest absolute Gasteiger partial charge is 0.464 e. The Labute approximate surface area is 84.0 Å². The molecule has 0 unspecified atom stereocenters. The Morgan fingerprint density at radius 2 is 2.21 bits per heavy atom. The molecular formula is C10H15NO3. The van der Waals surface area contributed by atoms with Crippen LogP contribution in [0, 0.1) is 12.3 Å². The van der Waals surface area contributed by atoms with E-state index in [4.69, 9.17) is 11.2 Å². The standard InChI is InChI=1S/C10H15NO3/c1-4-6-7-9(11-8(3)12)10(13)14-5-2/h1,9H,5-7H2,2-3H3,(H,11,12)/t9-/m1/s1. The Bertz CT molecular complexity index is 242. The van der Waals surface area contributed by atoms with Crippen LogP contribution in [0.25, 0.3) is 0 Å². The molecule has 14 heavy (non-hydrogen) atoms. The fraction of sp³-hybridized carbons (Fsp3) is 0.600. The van der Waals surface area contributed by atoms with Gasteiger partial charge in [-0.05, 0) is 13.3 Å². The molecule has 0 heterocycles. The first-order chi connectivity index (χ1) is 6.61. The Kier molecular flexibility index (Phi) is 6.21. The molecule has 4 heteroatoms. The topological polar surface area (TPSA) is 55.4 Å². The first kappa shape index (κ1) is 12.5. The van der Waals surface area contributed by atoms with Crippen molar-refractivity contribution >= 4 is 11.9 Å². The molecule has 0 aromatic heterocycles. The highest BCUT2D eigenvalue weighted by Gasteiger charge is 2.19. The lowest BCUT2D eigenvalue weighted by molar-refractivity contribution is -0.147. The van der Waals surface area contributed by atoms with Crippen molar-refractivity contribution in [1.82, 2.24) is 5.32 Å². The number of terminal acetylenes is 1. The summed E-state index contributed by atoms with van der Waals surface area (Å²) in [5, 5.41) is 2.49. The van der Waals surface area contributed by atoms with E-state index in [0.717, 1.165) is 0 Å². The summed E-state index contributed by atoms with van der Waals surface area (Å²) in [5.74, 6) is 1.71. The molecule has 0 saturated heterocycles. The second-order valence-corrected chi connectivity index (χ2v) is 2.75. The zero-order valence-electron chi connectivity index (χ0n) is 8.50. The van der Waals surface area contributed by atoms with E-state index in [9.17, 15) is 9.59 Å². The Balaban J connectivity index is 4.16. The summed E-state index contributed by atoms with van der Waals surface area (Å²) in [6.07, 6.45) is 5.91. The van der Waals surface area contributed by atoms with Gasteiger partial charge in [-0.2, -0.15) is 0 Å². The predicted octanol–water partition coefficient (Wildman–Crippen LogP) is 0.468. The van der Waals surface area contributed by atoms with Gasteiger partial charge in [-0.3, -0.25) is 4.79 Å². The van der Waals surface area contributed by atoms with Gasteiger partial charge in [0.25, 0.3) is 0 Å². The first-order valence-corrected chi connectivity index (χ1v) is 4.49. The average Bonchev–Trinajstić information content (AvgIpc) is 2.12. The minimum atomic E-state index is -0.622. The lowest BCUT2D eigenvalue weighted by atomic mass is 10.1. The summed E-state index contributed by atoms with van der Waals surface area (Å²) in [5.41, 5.74) is 0. The Hall–Kier alpha value is -1.50. The summed E-state index contributed by atoms with van der Waals surface area (Å²) in [7, 11) is 0. The number of rotatable bonds is 5. The van der Waals surface area contributed by atoms with E-state index in [2.05, 4.69) is 11.2 Å².